The van der Waals surface area contributed by atoms with Crippen LogP contribution < -0.4 is 5.32 Å². The molecule has 3 nitrogen and oxygen atoms in total. The van der Waals surface area contributed by atoms with Crippen molar-refractivity contribution >= 4 is 27.5 Å². The maximum atomic E-state index is 11.8. The number of benzene rings is 1. The van der Waals surface area contributed by atoms with Gasteiger partial charge < -0.3 is 10.1 Å². The molecule has 1 heterocycles. The zero-order chi connectivity index (χ0) is 11.4. The fourth-order valence-electron chi connectivity index (χ4n) is 1.73. The highest BCUT2D eigenvalue weighted by molar-refractivity contribution is 9.10. The summed E-state index contributed by atoms with van der Waals surface area (Å²) in [5.41, 5.74) is 0.832. The summed E-state index contributed by atoms with van der Waals surface area (Å²) in [7, 11) is 0. The van der Waals surface area contributed by atoms with Gasteiger partial charge in [0.05, 0.1) is 12.5 Å². The zero-order valence-corrected chi connectivity index (χ0v) is 10.5. The second-order valence-electron chi connectivity index (χ2n) is 3.91. The third kappa shape index (κ3) is 3.06. The zero-order valence-electron chi connectivity index (χ0n) is 8.91. The topological polar surface area (TPSA) is 38.3 Å². The minimum Gasteiger partial charge on any atom is -0.381 e. The van der Waals surface area contributed by atoms with E-state index in [1.54, 1.807) is 0 Å². The molecule has 1 atom stereocenters. The Bertz CT molecular complexity index is 358. The Balaban J connectivity index is 1.93. The van der Waals surface area contributed by atoms with Gasteiger partial charge in [0.1, 0.15) is 0 Å². The first-order valence-corrected chi connectivity index (χ1v) is 6.19. The van der Waals surface area contributed by atoms with Crippen molar-refractivity contribution in [1.29, 1.82) is 0 Å². The Hall–Kier alpha value is -0.870. The molecular formula is C12H14BrNO2. The Labute approximate surface area is 103 Å². The summed E-state index contributed by atoms with van der Waals surface area (Å²) in [6, 6.07) is 7.58. The smallest absolute Gasteiger partial charge is 0.229 e. The molecule has 0 spiro atoms. The third-order valence-corrected chi connectivity index (χ3v) is 3.17. The van der Waals surface area contributed by atoms with Crippen LogP contribution in [0.25, 0.3) is 0 Å². The molecule has 1 N–H and O–H groups in total. The minimum absolute atomic E-state index is 0.00241. The van der Waals surface area contributed by atoms with Crippen LogP contribution in [0.15, 0.2) is 28.7 Å². The summed E-state index contributed by atoms with van der Waals surface area (Å²) in [5.74, 6) is 0.0550. The molecule has 0 aliphatic carbocycles. The van der Waals surface area contributed by atoms with Gasteiger partial charge in [0.2, 0.25) is 5.91 Å². The highest BCUT2D eigenvalue weighted by Crippen LogP contribution is 2.18. The van der Waals surface area contributed by atoms with Gasteiger partial charge in [0.25, 0.3) is 0 Å². The first-order chi connectivity index (χ1) is 7.75. The fraction of sp³-hybridized carbons (Fsp3) is 0.417. The van der Waals surface area contributed by atoms with E-state index in [-0.39, 0.29) is 11.8 Å². The predicted octanol–water partition coefficient (Wildman–Crippen LogP) is 2.81. The van der Waals surface area contributed by atoms with Crippen molar-refractivity contribution in [2.24, 2.45) is 5.92 Å². The molecule has 1 aliphatic heterocycles. The lowest BCUT2D eigenvalue weighted by atomic mass is 10.0. The summed E-state index contributed by atoms with van der Waals surface area (Å²) in [5, 5.41) is 2.90. The van der Waals surface area contributed by atoms with Gasteiger partial charge in [-0.25, -0.2) is 0 Å². The number of halogens is 1. The Morgan fingerprint density at radius 2 is 2.12 bits per heavy atom. The molecule has 1 saturated heterocycles. The summed E-state index contributed by atoms with van der Waals surface area (Å²) in [4.78, 5) is 11.8. The summed E-state index contributed by atoms with van der Waals surface area (Å²) < 4.78 is 6.30. The Morgan fingerprint density at radius 3 is 2.75 bits per heavy atom. The maximum absolute atomic E-state index is 11.8. The first-order valence-electron chi connectivity index (χ1n) is 5.40. The molecule has 1 amide bonds. The molecule has 1 aromatic carbocycles. The summed E-state index contributed by atoms with van der Waals surface area (Å²) in [6.45, 7) is 1.32. The predicted molar refractivity (Wildman–Crippen MR) is 66.3 cm³/mol. The lowest BCUT2D eigenvalue weighted by molar-refractivity contribution is -0.123. The van der Waals surface area contributed by atoms with Crippen molar-refractivity contribution in [3.05, 3.63) is 28.7 Å². The lowest BCUT2D eigenvalue weighted by Gasteiger charge is -2.21. The van der Waals surface area contributed by atoms with Crippen LogP contribution in [-0.4, -0.2) is 19.1 Å². The second-order valence-corrected chi connectivity index (χ2v) is 4.83. The van der Waals surface area contributed by atoms with E-state index in [0.717, 1.165) is 29.6 Å². The van der Waals surface area contributed by atoms with Crippen molar-refractivity contribution in [3.8, 4) is 0 Å². The minimum atomic E-state index is -0.00241. The van der Waals surface area contributed by atoms with Crippen LogP contribution in [0.4, 0.5) is 5.69 Å². The third-order valence-electron chi connectivity index (χ3n) is 2.64. The second kappa shape index (κ2) is 5.46. The van der Waals surface area contributed by atoms with Crippen LogP contribution in [0.5, 0.6) is 0 Å². The standard InChI is InChI=1S/C12H14BrNO2/c13-10-3-5-11(6-4-10)14-12(15)9-2-1-7-16-8-9/h3-6,9H,1-2,7-8H2,(H,14,15). The van der Waals surface area contributed by atoms with E-state index in [9.17, 15) is 4.79 Å². The number of hydrogen-bond donors (Lipinski definition) is 1. The van der Waals surface area contributed by atoms with E-state index in [4.69, 9.17) is 4.74 Å². The van der Waals surface area contributed by atoms with Crippen molar-refractivity contribution < 1.29 is 9.53 Å². The molecule has 1 aliphatic rings. The first kappa shape index (κ1) is 11.6. The van der Waals surface area contributed by atoms with Crippen LogP contribution in [0.2, 0.25) is 0 Å². The molecule has 2 rings (SSSR count). The van der Waals surface area contributed by atoms with E-state index in [0.29, 0.717) is 6.61 Å². The quantitative estimate of drug-likeness (QED) is 0.907. The van der Waals surface area contributed by atoms with Gasteiger partial charge in [0.15, 0.2) is 0 Å². The van der Waals surface area contributed by atoms with Crippen LogP contribution >= 0.6 is 15.9 Å². The maximum Gasteiger partial charge on any atom is 0.229 e. The molecular weight excluding hydrogens is 270 g/mol. The van der Waals surface area contributed by atoms with Gasteiger partial charge in [-0.05, 0) is 37.1 Å². The lowest BCUT2D eigenvalue weighted by Crippen LogP contribution is -2.30. The van der Waals surface area contributed by atoms with Gasteiger partial charge in [-0.15, -0.1) is 0 Å². The molecule has 1 fully saturated rings. The van der Waals surface area contributed by atoms with E-state index < -0.39 is 0 Å². The largest absolute Gasteiger partial charge is 0.381 e. The summed E-state index contributed by atoms with van der Waals surface area (Å²) >= 11 is 3.36. The number of nitrogens with one attached hydrogen (secondary N) is 1. The Kier molecular flexibility index (Phi) is 3.96. The van der Waals surface area contributed by atoms with Gasteiger partial charge in [-0.2, -0.15) is 0 Å². The molecule has 16 heavy (non-hydrogen) atoms. The van der Waals surface area contributed by atoms with Crippen molar-refractivity contribution in [2.75, 3.05) is 18.5 Å². The average Bonchev–Trinajstić information content (AvgIpc) is 2.33. The fourth-order valence-corrected chi connectivity index (χ4v) is 1.99. The van der Waals surface area contributed by atoms with Crippen LogP contribution in [-0.2, 0) is 9.53 Å². The van der Waals surface area contributed by atoms with Crippen LogP contribution in [0.3, 0.4) is 0 Å². The molecule has 4 heteroatoms. The van der Waals surface area contributed by atoms with Crippen LogP contribution in [0.1, 0.15) is 12.8 Å². The molecule has 1 unspecified atom stereocenters. The van der Waals surface area contributed by atoms with Gasteiger partial charge >= 0.3 is 0 Å². The van der Waals surface area contributed by atoms with Crippen molar-refractivity contribution in [1.82, 2.24) is 0 Å². The molecule has 1 aromatic rings. The van der Waals surface area contributed by atoms with Crippen LogP contribution in [0, 0.1) is 5.92 Å². The normalized spacial score (nSPS) is 20.4. The van der Waals surface area contributed by atoms with E-state index in [1.807, 2.05) is 24.3 Å². The van der Waals surface area contributed by atoms with Crippen molar-refractivity contribution in [3.63, 3.8) is 0 Å². The van der Waals surface area contributed by atoms with E-state index in [2.05, 4.69) is 21.2 Å². The van der Waals surface area contributed by atoms with Gasteiger partial charge in [-0.3, -0.25) is 4.79 Å². The monoisotopic (exact) mass is 283 g/mol. The number of ether oxygens (including phenoxy) is 1. The number of hydrogen-bond acceptors (Lipinski definition) is 2. The molecule has 0 bridgehead atoms. The highest BCUT2D eigenvalue weighted by atomic mass is 79.9. The van der Waals surface area contributed by atoms with Gasteiger partial charge in [0, 0.05) is 16.8 Å². The molecule has 0 aromatic heterocycles. The molecule has 86 valence electrons. The van der Waals surface area contributed by atoms with E-state index in [1.165, 1.54) is 0 Å². The van der Waals surface area contributed by atoms with Crippen molar-refractivity contribution in [2.45, 2.75) is 12.8 Å². The Morgan fingerprint density at radius 1 is 1.38 bits per heavy atom. The summed E-state index contributed by atoms with van der Waals surface area (Å²) in [6.07, 6.45) is 1.89. The van der Waals surface area contributed by atoms with E-state index >= 15 is 0 Å². The molecule has 0 radical (unpaired) electrons. The average molecular weight is 284 g/mol. The number of anilines is 1. The number of amides is 1. The number of rotatable bonds is 2. The van der Waals surface area contributed by atoms with Gasteiger partial charge in [-0.1, -0.05) is 15.9 Å². The number of carbonyl (C=O) groups excluding carboxylic acids is 1. The highest BCUT2D eigenvalue weighted by Gasteiger charge is 2.21. The number of carbonyl (C=O) groups is 1. The molecule has 0 saturated carbocycles. The SMILES string of the molecule is O=C(Nc1ccc(Br)cc1)C1CCCOC1.